The Morgan fingerprint density at radius 2 is 1.90 bits per heavy atom. The van der Waals surface area contributed by atoms with E-state index < -0.39 is 71.6 Å². The minimum atomic E-state index is -4.64. The Bertz CT molecular complexity index is 1150. The fourth-order valence-corrected chi connectivity index (χ4v) is 6.65. The van der Waals surface area contributed by atoms with Gasteiger partial charge in [-0.2, -0.15) is 13.2 Å². The summed E-state index contributed by atoms with van der Waals surface area (Å²) in [7, 11) is 1.47. The summed E-state index contributed by atoms with van der Waals surface area (Å²) >= 11 is 1.24. The SMILES string of the molecule is COc1nc(/C=C(\C)[C@@H]2C[C@@H]3O[C@]3(C(F)(F)F)C[C@H]3C[C@@H]3[C@H](C)[C@H](O)[C@@H](C)C(=O)C(C)(C)[C@@H](O)CC(=O)O2)cs1. The Balaban J connectivity index is 1.66. The van der Waals surface area contributed by atoms with Gasteiger partial charge in [0.2, 0.25) is 0 Å². The van der Waals surface area contributed by atoms with E-state index in [1.165, 1.54) is 32.3 Å². The lowest BCUT2D eigenvalue weighted by molar-refractivity contribution is -0.187. The van der Waals surface area contributed by atoms with Crippen LogP contribution in [-0.2, 0) is 19.1 Å². The van der Waals surface area contributed by atoms with E-state index in [0.29, 0.717) is 22.9 Å². The Morgan fingerprint density at radius 1 is 1.23 bits per heavy atom. The number of carbonyl (C=O) groups is 2. The maximum atomic E-state index is 14.4. The molecule has 224 valence electrons. The monoisotopic (exact) mass is 589 g/mol. The average molecular weight is 590 g/mol. The molecule has 9 atom stereocenters. The first-order valence-electron chi connectivity index (χ1n) is 13.5. The van der Waals surface area contributed by atoms with Crippen molar-refractivity contribution in [2.75, 3.05) is 7.11 Å². The summed E-state index contributed by atoms with van der Waals surface area (Å²) in [5, 5.41) is 24.0. The molecule has 4 rings (SSSR count). The molecule has 2 aliphatic heterocycles. The van der Waals surface area contributed by atoms with Crippen LogP contribution in [-0.4, -0.2) is 70.3 Å². The van der Waals surface area contributed by atoms with E-state index in [4.69, 9.17) is 14.2 Å². The number of aromatic nitrogens is 1. The molecule has 3 heterocycles. The highest BCUT2D eigenvalue weighted by atomic mass is 32.1. The third kappa shape index (κ3) is 5.96. The number of aliphatic hydroxyl groups is 2. The second-order valence-corrected chi connectivity index (χ2v) is 13.0. The Morgan fingerprint density at radius 3 is 2.50 bits per heavy atom. The van der Waals surface area contributed by atoms with Crippen LogP contribution in [0.1, 0.15) is 66.0 Å². The van der Waals surface area contributed by atoms with Crippen LogP contribution in [0, 0.1) is 29.1 Å². The molecule has 3 aliphatic rings. The fraction of sp³-hybridized carbons (Fsp3) is 0.750. The number of ether oxygens (including phenoxy) is 3. The van der Waals surface area contributed by atoms with Crippen LogP contribution in [0.5, 0.6) is 5.19 Å². The van der Waals surface area contributed by atoms with Gasteiger partial charge >= 0.3 is 12.1 Å². The minimum Gasteiger partial charge on any atom is -0.473 e. The summed E-state index contributed by atoms with van der Waals surface area (Å²) in [4.78, 5) is 30.6. The number of methoxy groups -OCH3 is 1. The van der Waals surface area contributed by atoms with Crippen molar-refractivity contribution in [1.29, 1.82) is 0 Å². The third-order valence-electron chi connectivity index (χ3n) is 9.07. The number of epoxide rings is 1. The van der Waals surface area contributed by atoms with Crippen LogP contribution >= 0.6 is 11.3 Å². The Labute approximate surface area is 235 Å². The first-order chi connectivity index (χ1) is 18.5. The number of fused-ring (bicyclic) bond motifs is 2. The van der Waals surface area contributed by atoms with Crippen molar-refractivity contribution in [3.8, 4) is 5.19 Å². The largest absolute Gasteiger partial charge is 0.473 e. The number of halogens is 3. The second kappa shape index (κ2) is 11.0. The molecule has 0 aromatic carbocycles. The number of rotatable bonds is 3. The van der Waals surface area contributed by atoms with Gasteiger partial charge in [0, 0.05) is 17.7 Å². The van der Waals surface area contributed by atoms with Gasteiger partial charge in [-0.1, -0.05) is 39.0 Å². The molecule has 1 aromatic heterocycles. The molecule has 2 N–H and O–H groups in total. The van der Waals surface area contributed by atoms with E-state index in [9.17, 15) is 33.0 Å². The van der Waals surface area contributed by atoms with Crippen molar-refractivity contribution >= 4 is 29.2 Å². The number of alkyl halides is 3. The number of hydrogen-bond acceptors (Lipinski definition) is 9. The zero-order valence-corrected chi connectivity index (χ0v) is 24.3. The Kier molecular flexibility index (Phi) is 8.50. The summed E-state index contributed by atoms with van der Waals surface area (Å²) in [6, 6.07) is 0. The van der Waals surface area contributed by atoms with Crippen LogP contribution in [0.2, 0.25) is 0 Å². The van der Waals surface area contributed by atoms with Gasteiger partial charge in [0.15, 0.2) is 5.60 Å². The summed E-state index contributed by atoms with van der Waals surface area (Å²) in [6.45, 7) is 7.94. The molecule has 2 saturated heterocycles. The number of Topliss-reactive ketones (excluding diaryl/α,β-unsaturated/α-hetero) is 1. The first-order valence-corrected chi connectivity index (χ1v) is 14.4. The van der Waals surface area contributed by atoms with Crippen molar-refractivity contribution in [2.24, 2.45) is 29.1 Å². The predicted octanol–water partition coefficient (Wildman–Crippen LogP) is 4.58. The lowest BCUT2D eigenvalue weighted by Gasteiger charge is -2.34. The van der Waals surface area contributed by atoms with E-state index in [2.05, 4.69) is 4.98 Å². The minimum absolute atomic E-state index is 0.190. The number of carbonyl (C=O) groups excluding carboxylic acids is 2. The maximum Gasteiger partial charge on any atom is 0.420 e. The standard InChI is InChI=1S/C28H38F3NO7S/c1-13(7-17-12-40-25(32-17)37-6)19-9-21-27(39-21,28(29,30)31)11-16-8-18(16)14(2)23(35)15(3)24(36)26(4,5)20(33)10-22(34)38-19/h7,12,14-16,18-21,23,33,35H,8-11H2,1-6H3/b13-7+/t14-,15+,16+,18+,19-,20-,21-,23-,27+/m0/s1. The topological polar surface area (TPSA) is 118 Å². The molecule has 0 spiro atoms. The normalized spacial score (nSPS) is 39.1. The summed E-state index contributed by atoms with van der Waals surface area (Å²) in [5.74, 6) is -3.13. The van der Waals surface area contributed by atoms with E-state index in [1.54, 1.807) is 32.2 Å². The van der Waals surface area contributed by atoms with E-state index in [-0.39, 0.29) is 24.7 Å². The molecule has 0 radical (unpaired) electrons. The van der Waals surface area contributed by atoms with Gasteiger partial charge in [-0.25, -0.2) is 4.98 Å². The molecule has 40 heavy (non-hydrogen) atoms. The van der Waals surface area contributed by atoms with Gasteiger partial charge in [0.25, 0.3) is 5.19 Å². The first kappa shape index (κ1) is 30.9. The predicted molar refractivity (Wildman–Crippen MR) is 140 cm³/mol. The fourth-order valence-electron chi connectivity index (χ4n) is 6.05. The molecular formula is C28H38F3NO7S. The number of ketones is 1. The lowest BCUT2D eigenvalue weighted by atomic mass is 9.72. The van der Waals surface area contributed by atoms with Crippen molar-refractivity contribution in [2.45, 2.75) is 96.5 Å². The van der Waals surface area contributed by atoms with Crippen LogP contribution in [0.15, 0.2) is 11.0 Å². The number of esters is 1. The molecule has 12 heteroatoms. The van der Waals surface area contributed by atoms with E-state index >= 15 is 0 Å². The highest BCUT2D eigenvalue weighted by Gasteiger charge is 2.74. The molecule has 0 amide bonds. The number of hydrogen-bond donors (Lipinski definition) is 2. The highest BCUT2D eigenvalue weighted by molar-refractivity contribution is 7.11. The molecule has 0 unspecified atom stereocenters. The molecular weight excluding hydrogens is 551 g/mol. The van der Waals surface area contributed by atoms with E-state index in [1.807, 2.05) is 0 Å². The Hall–Kier alpha value is -2.02. The maximum absolute atomic E-state index is 14.4. The summed E-state index contributed by atoms with van der Waals surface area (Å²) < 4.78 is 59.3. The van der Waals surface area contributed by atoms with Crippen LogP contribution in [0.3, 0.4) is 0 Å². The van der Waals surface area contributed by atoms with Gasteiger partial charge in [-0.3, -0.25) is 9.59 Å². The van der Waals surface area contributed by atoms with E-state index in [0.717, 1.165) is 0 Å². The van der Waals surface area contributed by atoms with Crippen LogP contribution < -0.4 is 4.74 Å². The smallest absolute Gasteiger partial charge is 0.420 e. The molecule has 0 bridgehead atoms. The van der Waals surface area contributed by atoms with Gasteiger partial charge in [0.1, 0.15) is 18.0 Å². The second-order valence-electron chi connectivity index (χ2n) is 12.1. The number of thiazole rings is 1. The van der Waals surface area contributed by atoms with Crippen molar-refractivity contribution < 1.29 is 47.2 Å². The van der Waals surface area contributed by atoms with Gasteiger partial charge in [-0.05, 0) is 49.2 Å². The molecule has 1 aromatic rings. The van der Waals surface area contributed by atoms with Crippen LogP contribution in [0.4, 0.5) is 13.2 Å². The number of nitrogens with zero attached hydrogens (tertiary/aromatic N) is 1. The number of cyclic esters (lactones) is 1. The summed E-state index contributed by atoms with van der Waals surface area (Å²) in [5.41, 5.74) is -2.79. The van der Waals surface area contributed by atoms with Crippen LogP contribution in [0.25, 0.3) is 6.08 Å². The quantitative estimate of drug-likeness (QED) is 0.389. The van der Waals surface area contributed by atoms with Crippen molar-refractivity contribution in [3.05, 3.63) is 16.6 Å². The lowest BCUT2D eigenvalue weighted by Crippen LogP contribution is -2.46. The van der Waals surface area contributed by atoms with Crippen molar-refractivity contribution in [1.82, 2.24) is 4.98 Å². The zero-order chi connectivity index (χ0) is 29.8. The molecule has 1 saturated carbocycles. The average Bonchev–Trinajstić information content (AvgIpc) is 3.75. The summed E-state index contributed by atoms with van der Waals surface area (Å²) in [6.07, 6.45) is -8.44. The molecule has 1 aliphatic carbocycles. The van der Waals surface area contributed by atoms with Gasteiger partial charge in [-0.15, -0.1) is 0 Å². The third-order valence-corrected chi connectivity index (χ3v) is 9.89. The molecule has 8 nitrogen and oxygen atoms in total. The van der Waals surface area contributed by atoms with Gasteiger partial charge in [0.05, 0.1) is 36.8 Å². The van der Waals surface area contributed by atoms with Crippen molar-refractivity contribution in [3.63, 3.8) is 0 Å². The highest BCUT2D eigenvalue weighted by Crippen LogP contribution is 2.61. The molecule has 3 fully saturated rings. The number of aliphatic hydroxyl groups excluding tert-OH is 2. The zero-order valence-electron chi connectivity index (χ0n) is 23.5. The van der Waals surface area contributed by atoms with Gasteiger partial charge < -0.3 is 24.4 Å².